The number of nitrogens with zero attached hydrogens (tertiary/aromatic N) is 3. The number of rotatable bonds is 7. The second-order valence-corrected chi connectivity index (χ2v) is 5.97. The van der Waals surface area contributed by atoms with Crippen LogP contribution in [0.15, 0.2) is 41.5 Å². The lowest BCUT2D eigenvalue weighted by atomic mass is 10.2. The number of aromatic amines is 1. The maximum atomic E-state index is 5.45. The summed E-state index contributed by atoms with van der Waals surface area (Å²) >= 11 is 5.32. The van der Waals surface area contributed by atoms with Crippen molar-refractivity contribution in [3.63, 3.8) is 0 Å². The van der Waals surface area contributed by atoms with E-state index in [0.717, 1.165) is 11.3 Å². The molecule has 0 saturated carbocycles. The standard InChI is InChI=1S/C19H20N4O4S/c1-24-13-7-5-12(6-8-13)18-21-22-19(28)23(18)20-11-15-16(26-3)9-14(25-2)10-17(15)27-4/h5-11H,1-4H3,(H,22,28)/b20-11-. The molecule has 0 atom stereocenters. The van der Waals surface area contributed by atoms with Gasteiger partial charge in [-0.15, -0.1) is 0 Å². The Morgan fingerprint density at radius 1 is 0.929 bits per heavy atom. The molecule has 0 amide bonds. The van der Waals surface area contributed by atoms with Crippen molar-refractivity contribution in [2.75, 3.05) is 28.4 Å². The monoisotopic (exact) mass is 400 g/mol. The molecule has 2 aromatic carbocycles. The molecule has 1 N–H and O–H groups in total. The fourth-order valence-electron chi connectivity index (χ4n) is 2.60. The fourth-order valence-corrected chi connectivity index (χ4v) is 2.78. The summed E-state index contributed by atoms with van der Waals surface area (Å²) in [6.07, 6.45) is 1.61. The molecule has 146 valence electrons. The number of ether oxygens (including phenoxy) is 4. The molecule has 3 aromatic rings. The van der Waals surface area contributed by atoms with Gasteiger partial charge in [-0.1, -0.05) is 0 Å². The summed E-state index contributed by atoms with van der Waals surface area (Å²) in [4.78, 5) is 0. The molecule has 0 saturated heterocycles. The van der Waals surface area contributed by atoms with Crippen LogP contribution in [0.3, 0.4) is 0 Å². The third kappa shape index (κ3) is 3.84. The Labute approximate surface area is 167 Å². The highest BCUT2D eigenvalue weighted by molar-refractivity contribution is 7.71. The van der Waals surface area contributed by atoms with E-state index >= 15 is 0 Å². The van der Waals surface area contributed by atoms with Gasteiger partial charge in [0.1, 0.15) is 23.0 Å². The van der Waals surface area contributed by atoms with Crippen molar-refractivity contribution in [3.8, 4) is 34.4 Å². The molecule has 8 nitrogen and oxygen atoms in total. The Morgan fingerprint density at radius 3 is 2.07 bits per heavy atom. The minimum absolute atomic E-state index is 0.355. The number of hydrogen-bond donors (Lipinski definition) is 1. The molecule has 0 fully saturated rings. The van der Waals surface area contributed by atoms with Crippen LogP contribution in [0.5, 0.6) is 23.0 Å². The molecule has 0 aliphatic carbocycles. The molecule has 28 heavy (non-hydrogen) atoms. The third-order valence-corrected chi connectivity index (χ3v) is 4.32. The maximum absolute atomic E-state index is 5.45. The van der Waals surface area contributed by atoms with Crippen LogP contribution in [-0.4, -0.2) is 49.5 Å². The first-order valence-electron chi connectivity index (χ1n) is 8.27. The third-order valence-electron chi connectivity index (χ3n) is 4.05. The molecule has 0 bridgehead atoms. The van der Waals surface area contributed by atoms with Gasteiger partial charge in [0.05, 0.1) is 40.2 Å². The average Bonchev–Trinajstić information content (AvgIpc) is 3.11. The van der Waals surface area contributed by atoms with Gasteiger partial charge >= 0.3 is 0 Å². The lowest BCUT2D eigenvalue weighted by molar-refractivity contribution is 0.374. The molecule has 1 heterocycles. The molecule has 0 unspecified atom stereocenters. The second kappa shape index (κ2) is 8.57. The number of H-pyrrole nitrogens is 1. The van der Waals surface area contributed by atoms with Gasteiger partial charge in [-0.3, -0.25) is 0 Å². The van der Waals surface area contributed by atoms with E-state index in [1.807, 2.05) is 24.3 Å². The van der Waals surface area contributed by atoms with E-state index in [2.05, 4.69) is 15.3 Å². The van der Waals surface area contributed by atoms with Gasteiger partial charge in [0.25, 0.3) is 0 Å². The molecule has 3 rings (SSSR count). The van der Waals surface area contributed by atoms with E-state index in [4.69, 9.17) is 31.2 Å². The highest BCUT2D eigenvalue weighted by Gasteiger charge is 2.13. The van der Waals surface area contributed by atoms with Gasteiger partial charge in [0.15, 0.2) is 5.82 Å². The summed E-state index contributed by atoms with van der Waals surface area (Å²) in [7, 11) is 6.33. The van der Waals surface area contributed by atoms with Crippen molar-refractivity contribution < 1.29 is 18.9 Å². The van der Waals surface area contributed by atoms with E-state index < -0.39 is 0 Å². The highest BCUT2D eigenvalue weighted by atomic mass is 32.1. The van der Waals surface area contributed by atoms with Crippen LogP contribution in [0.25, 0.3) is 11.4 Å². The van der Waals surface area contributed by atoms with Crippen LogP contribution in [0.4, 0.5) is 0 Å². The normalized spacial score (nSPS) is 10.9. The van der Waals surface area contributed by atoms with Gasteiger partial charge in [0.2, 0.25) is 4.77 Å². The summed E-state index contributed by atoms with van der Waals surface area (Å²) in [5.74, 6) is 3.04. The second-order valence-electron chi connectivity index (χ2n) is 5.58. The predicted octanol–water partition coefficient (Wildman–Crippen LogP) is 3.52. The number of aromatic nitrogens is 3. The Hall–Kier alpha value is -3.33. The molecular weight excluding hydrogens is 380 g/mol. The average molecular weight is 400 g/mol. The number of hydrogen-bond acceptors (Lipinski definition) is 7. The SMILES string of the molecule is COc1ccc(-c2n[nH]c(=S)n2/N=C\c2c(OC)cc(OC)cc2OC)cc1. The van der Waals surface area contributed by atoms with E-state index in [-0.39, 0.29) is 0 Å². The van der Waals surface area contributed by atoms with Crippen LogP contribution >= 0.6 is 12.2 Å². The number of benzene rings is 2. The Kier molecular flexibility index (Phi) is 5.95. The quantitative estimate of drug-likeness (QED) is 0.483. The van der Waals surface area contributed by atoms with Crippen molar-refractivity contribution in [2.24, 2.45) is 5.10 Å². The Balaban J connectivity index is 2.04. The van der Waals surface area contributed by atoms with E-state index in [9.17, 15) is 0 Å². The first kappa shape index (κ1) is 19.4. The molecule has 9 heteroatoms. The van der Waals surface area contributed by atoms with Crippen molar-refractivity contribution in [3.05, 3.63) is 46.7 Å². The van der Waals surface area contributed by atoms with Crippen LogP contribution in [0, 0.1) is 4.77 Å². The van der Waals surface area contributed by atoms with E-state index in [1.54, 1.807) is 46.8 Å². The van der Waals surface area contributed by atoms with Crippen molar-refractivity contribution in [1.82, 2.24) is 14.9 Å². The topological polar surface area (TPSA) is 82.9 Å². The fraction of sp³-hybridized carbons (Fsp3) is 0.211. The summed E-state index contributed by atoms with van der Waals surface area (Å²) in [5.41, 5.74) is 1.48. The lowest BCUT2D eigenvalue weighted by Crippen LogP contribution is -2.00. The molecule has 0 radical (unpaired) electrons. The zero-order valence-electron chi connectivity index (χ0n) is 15.9. The first-order valence-corrected chi connectivity index (χ1v) is 8.68. The van der Waals surface area contributed by atoms with Crippen LogP contribution < -0.4 is 18.9 Å². The molecule has 1 aromatic heterocycles. The summed E-state index contributed by atoms with van der Waals surface area (Å²) in [6.45, 7) is 0. The first-order chi connectivity index (χ1) is 13.6. The number of methoxy groups -OCH3 is 4. The van der Waals surface area contributed by atoms with Crippen LogP contribution in [0.2, 0.25) is 0 Å². The lowest BCUT2D eigenvalue weighted by Gasteiger charge is -2.12. The van der Waals surface area contributed by atoms with Gasteiger partial charge in [0, 0.05) is 17.7 Å². The maximum Gasteiger partial charge on any atom is 0.216 e. The Bertz CT molecular complexity index is 1020. The Morgan fingerprint density at radius 2 is 1.54 bits per heavy atom. The summed E-state index contributed by atoms with van der Waals surface area (Å²) < 4.78 is 23.2. The van der Waals surface area contributed by atoms with Gasteiger partial charge < -0.3 is 18.9 Å². The van der Waals surface area contributed by atoms with E-state index in [0.29, 0.717) is 33.4 Å². The van der Waals surface area contributed by atoms with Gasteiger partial charge in [-0.25, -0.2) is 5.10 Å². The van der Waals surface area contributed by atoms with Crippen molar-refractivity contribution >= 4 is 18.4 Å². The predicted molar refractivity (Wildman–Crippen MR) is 108 cm³/mol. The summed E-state index contributed by atoms with van der Waals surface area (Å²) in [6, 6.07) is 11.0. The van der Waals surface area contributed by atoms with Crippen molar-refractivity contribution in [1.29, 1.82) is 0 Å². The largest absolute Gasteiger partial charge is 0.497 e. The minimum Gasteiger partial charge on any atom is -0.497 e. The molecule has 0 aliphatic rings. The zero-order chi connectivity index (χ0) is 20.1. The smallest absolute Gasteiger partial charge is 0.216 e. The zero-order valence-corrected chi connectivity index (χ0v) is 16.7. The van der Waals surface area contributed by atoms with E-state index in [1.165, 1.54) is 4.68 Å². The highest BCUT2D eigenvalue weighted by Crippen LogP contribution is 2.32. The van der Waals surface area contributed by atoms with Gasteiger partial charge in [-0.05, 0) is 36.5 Å². The minimum atomic E-state index is 0.355. The van der Waals surface area contributed by atoms with Crippen LogP contribution in [-0.2, 0) is 0 Å². The molecule has 0 spiro atoms. The van der Waals surface area contributed by atoms with Gasteiger partial charge in [-0.2, -0.15) is 14.9 Å². The van der Waals surface area contributed by atoms with Crippen LogP contribution in [0.1, 0.15) is 5.56 Å². The molecule has 0 aliphatic heterocycles. The van der Waals surface area contributed by atoms with Crippen molar-refractivity contribution in [2.45, 2.75) is 0 Å². The summed E-state index contributed by atoms with van der Waals surface area (Å²) in [5, 5.41) is 11.5. The number of nitrogens with one attached hydrogen (secondary N) is 1. The molecular formula is C19H20N4O4S.